The molecule has 0 aliphatic rings. The van der Waals surface area contributed by atoms with E-state index in [0.717, 1.165) is 17.0 Å². The number of benzene rings is 1. The molecule has 0 atom stereocenters. The summed E-state index contributed by atoms with van der Waals surface area (Å²) in [6, 6.07) is 9.72. The topological polar surface area (TPSA) is 68.0 Å². The zero-order valence-corrected chi connectivity index (χ0v) is 10.7. The SMILES string of the molecule is Cc1cnc2[nH]c(=O)c3cnn(-c4ccccc4)c3n12. The van der Waals surface area contributed by atoms with Crippen LogP contribution in [-0.4, -0.2) is 24.1 Å². The number of hydrogen-bond acceptors (Lipinski definition) is 3. The molecule has 0 fully saturated rings. The molecular formula is C14H11N5O. The van der Waals surface area contributed by atoms with Crippen LogP contribution in [0.5, 0.6) is 0 Å². The van der Waals surface area contributed by atoms with E-state index < -0.39 is 0 Å². The molecule has 0 saturated carbocycles. The molecule has 4 aromatic rings. The minimum atomic E-state index is -0.180. The summed E-state index contributed by atoms with van der Waals surface area (Å²) in [6.07, 6.45) is 3.31. The fourth-order valence-corrected chi connectivity index (χ4v) is 2.44. The highest BCUT2D eigenvalue weighted by Crippen LogP contribution is 2.17. The normalized spacial score (nSPS) is 11.4. The highest BCUT2D eigenvalue weighted by Gasteiger charge is 2.14. The molecular weight excluding hydrogens is 254 g/mol. The summed E-state index contributed by atoms with van der Waals surface area (Å²) in [5.74, 6) is 0.526. The first-order valence-electron chi connectivity index (χ1n) is 6.25. The molecule has 3 aromatic heterocycles. The lowest BCUT2D eigenvalue weighted by molar-refractivity contribution is 0.881. The third-order valence-corrected chi connectivity index (χ3v) is 3.36. The Balaban J connectivity index is 2.24. The van der Waals surface area contributed by atoms with Crippen molar-refractivity contribution < 1.29 is 0 Å². The standard InChI is InChI=1S/C14H11N5O/c1-9-7-15-14-17-12(20)11-8-16-19(13(11)18(9)14)10-5-3-2-4-6-10/h2-8H,1H3,(H,15,17,20). The van der Waals surface area contributed by atoms with Crippen LogP contribution in [0.4, 0.5) is 0 Å². The smallest absolute Gasteiger partial charge is 0.263 e. The van der Waals surface area contributed by atoms with Crippen LogP contribution in [0.1, 0.15) is 5.69 Å². The van der Waals surface area contributed by atoms with Gasteiger partial charge in [0.2, 0.25) is 5.78 Å². The Labute approximate surface area is 113 Å². The van der Waals surface area contributed by atoms with E-state index in [1.165, 1.54) is 0 Å². The monoisotopic (exact) mass is 265 g/mol. The molecule has 0 amide bonds. The first-order valence-corrected chi connectivity index (χ1v) is 6.25. The van der Waals surface area contributed by atoms with Crippen LogP contribution in [-0.2, 0) is 0 Å². The lowest BCUT2D eigenvalue weighted by Crippen LogP contribution is -2.11. The van der Waals surface area contributed by atoms with E-state index in [-0.39, 0.29) is 5.56 Å². The minimum absolute atomic E-state index is 0.180. The number of hydrogen-bond donors (Lipinski definition) is 1. The second kappa shape index (κ2) is 3.80. The van der Waals surface area contributed by atoms with Crippen molar-refractivity contribution in [2.24, 2.45) is 0 Å². The van der Waals surface area contributed by atoms with Crippen LogP contribution in [0, 0.1) is 6.92 Å². The number of nitrogens with one attached hydrogen (secondary N) is 1. The molecule has 0 aliphatic heterocycles. The van der Waals surface area contributed by atoms with Gasteiger partial charge in [0.1, 0.15) is 5.39 Å². The minimum Gasteiger partial charge on any atom is -0.291 e. The quantitative estimate of drug-likeness (QED) is 0.569. The second-order valence-corrected chi connectivity index (χ2v) is 4.64. The number of aryl methyl sites for hydroxylation is 1. The van der Waals surface area contributed by atoms with Crippen LogP contribution in [0.25, 0.3) is 22.5 Å². The molecule has 1 N–H and O–H groups in total. The second-order valence-electron chi connectivity index (χ2n) is 4.64. The molecule has 20 heavy (non-hydrogen) atoms. The average Bonchev–Trinajstić information content (AvgIpc) is 3.04. The predicted octanol–water partition coefficient (Wildman–Crippen LogP) is 1.67. The number of imidazole rings is 1. The van der Waals surface area contributed by atoms with Gasteiger partial charge in [0.25, 0.3) is 5.56 Å². The van der Waals surface area contributed by atoms with Crippen LogP contribution in [0.15, 0.2) is 47.5 Å². The highest BCUT2D eigenvalue weighted by molar-refractivity contribution is 5.78. The number of nitrogens with zero attached hydrogens (tertiary/aromatic N) is 4. The van der Waals surface area contributed by atoms with Gasteiger partial charge in [-0.2, -0.15) is 5.10 Å². The summed E-state index contributed by atoms with van der Waals surface area (Å²) in [4.78, 5) is 19.1. The average molecular weight is 265 g/mol. The zero-order chi connectivity index (χ0) is 13.7. The van der Waals surface area contributed by atoms with E-state index in [0.29, 0.717) is 11.2 Å². The van der Waals surface area contributed by atoms with Gasteiger partial charge >= 0.3 is 0 Å². The van der Waals surface area contributed by atoms with E-state index in [9.17, 15) is 4.79 Å². The van der Waals surface area contributed by atoms with E-state index in [1.54, 1.807) is 17.1 Å². The first-order chi connectivity index (χ1) is 9.75. The van der Waals surface area contributed by atoms with Gasteiger partial charge in [0, 0.05) is 5.69 Å². The van der Waals surface area contributed by atoms with Gasteiger partial charge < -0.3 is 0 Å². The summed E-state index contributed by atoms with van der Waals surface area (Å²) in [5, 5.41) is 4.89. The largest absolute Gasteiger partial charge is 0.291 e. The van der Waals surface area contributed by atoms with Gasteiger partial charge in [-0.25, -0.2) is 9.67 Å². The van der Waals surface area contributed by atoms with Gasteiger partial charge in [-0.05, 0) is 19.1 Å². The van der Waals surface area contributed by atoms with Crippen molar-refractivity contribution in [2.75, 3.05) is 0 Å². The molecule has 4 rings (SSSR count). The highest BCUT2D eigenvalue weighted by atomic mass is 16.1. The summed E-state index contributed by atoms with van der Waals surface area (Å²) in [5.41, 5.74) is 2.40. The van der Waals surface area contributed by atoms with Gasteiger partial charge in [0.15, 0.2) is 5.65 Å². The molecule has 0 spiro atoms. The van der Waals surface area contributed by atoms with E-state index >= 15 is 0 Å². The maximum Gasteiger partial charge on any atom is 0.263 e. The molecule has 6 nitrogen and oxygen atoms in total. The number of para-hydroxylation sites is 1. The van der Waals surface area contributed by atoms with Crippen molar-refractivity contribution in [1.82, 2.24) is 24.1 Å². The van der Waals surface area contributed by atoms with Crippen LogP contribution in [0.3, 0.4) is 0 Å². The maximum atomic E-state index is 12.1. The Hall–Kier alpha value is -2.89. The van der Waals surface area contributed by atoms with Gasteiger partial charge in [-0.3, -0.25) is 14.2 Å². The lowest BCUT2D eigenvalue weighted by Gasteiger charge is -2.05. The Morgan fingerprint density at radius 3 is 2.75 bits per heavy atom. The fraction of sp³-hybridized carbons (Fsp3) is 0.0714. The lowest BCUT2D eigenvalue weighted by atomic mass is 10.3. The molecule has 1 aromatic carbocycles. The summed E-state index contributed by atoms with van der Waals surface area (Å²) in [7, 11) is 0. The molecule has 98 valence electrons. The Kier molecular flexibility index (Phi) is 2.09. The summed E-state index contributed by atoms with van der Waals surface area (Å²) >= 11 is 0. The molecule has 0 bridgehead atoms. The molecule has 0 unspecified atom stereocenters. The molecule has 0 saturated heterocycles. The fourth-order valence-electron chi connectivity index (χ4n) is 2.44. The van der Waals surface area contributed by atoms with Crippen molar-refractivity contribution in [1.29, 1.82) is 0 Å². The van der Waals surface area contributed by atoms with E-state index in [2.05, 4.69) is 15.1 Å². The van der Waals surface area contributed by atoms with E-state index in [4.69, 9.17) is 0 Å². The molecule has 0 aliphatic carbocycles. The third kappa shape index (κ3) is 1.36. The van der Waals surface area contributed by atoms with E-state index in [1.807, 2.05) is 41.7 Å². The van der Waals surface area contributed by atoms with Crippen molar-refractivity contribution in [3.05, 3.63) is 58.8 Å². The van der Waals surface area contributed by atoms with Crippen molar-refractivity contribution in [2.45, 2.75) is 6.92 Å². The molecule has 0 radical (unpaired) electrons. The predicted molar refractivity (Wildman–Crippen MR) is 75.2 cm³/mol. The number of H-pyrrole nitrogens is 1. The van der Waals surface area contributed by atoms with Crippen molar-refractivity contribution in [3.8, 4) is 5.69 Å². The Morgan fingerprint density at radius 1 is 1.15 bits per heavy atom. The number of aromatic nitrogens is 5. The van der Waals surface area contributed by atoms with Crippen LogP contribution < -0.4 is 5.56 Å². The maximum absolute atomic E-state index is 12.1. The van der Waals surface area contributed by atoms with Crippen LogP contribution >= 0.6 is 0 Å². The van der Waals surface area contributed by atoms with Gasteiger partial charge in [-0.1, -0.05) is 18.2 Å². The molecule has 6 heteroatoms. The molecule has 3 heterocycles. The zero-order valence-electron chi connectivity index (χ0n) is 10.7. The van der Waals surface area contributed by atoms with Gasteiger partial charge in [0.05, 0.1) is 18.1 Å². The van der Waals surface area contributed by atoms with Gasteiger partial charge in [-0.15, -0.1) is 0 Å². The summed E-state index contributed by atoms with van der Waals surface area (Å²) < 4.78 is 3.66. The number of fused-ring (bicyclic) bond motifs is 3. The third-order valence-electron chi connectivity index (χ3n) is 3.36. The first kappa shape index (κ1) is 11.0. The van der Waals surface area contributed by atoms with Crippen LogP contribution in [0.2, 0.25) is 0 Å². The Bertz CT molecular complexity index is 977. The summed E-state index contributed by atoms with van der Waals surface area (Å²) in [6.45, 7) is 1.94. The van der Waals surface area contributed by atoms with Crippen molar-refractivity contribution >= 4 is 16.8 Å². The Morgan fingerprint density at radius 2 is 1.95 bits per heavy atom. The number of aromatic amines is 1. The number of rotatable bonds is 1. The van der Waals surface area contributed by atoms with Crippen molar-refractivity contribution in [3.63, 3.8) is 0 Å².